The van der Waals surface area contributed by atoms with Crippen molar-refractivity contribution < 1.29 is 4.79 Å². The molecule has 1 amide bonds. The Labute approximate surface area is 196 Å². The van der Waals surface area contributed by atoms with E-state index in [0.717, 1.165) is 41.3 Å². The predicted octanol–water partition coefficient (Wildman–Crippen LogP) is 4.71. The SMILES string of the molecule is Nc1ccccc1NC(=O)c1cccc(C2(c3nccc(-c4cnc5ccccn45)n3)CC2)c1. The van der Waals surface area contributed by atoms with Gasteiger partial charge in [0, 0.05) is 18.0 Å². The molecule has 1 fully saturated rings. The molecule has 1 aliphatic rings. The monoisotopic (exact) mass is 446 g/mol. The van der Waals surface area contributed by atoms with E-state index in [1.165, 1.54) is 0 Å². The van der Waals surface area contributed by atoms with Crippen LogP contribution in [0.25, 0.3) is 17.0 Å². The quantitative estimate of drug-likeness (QED) is 0.381. The third-order valence-electron chi connectivity index (χ3n) is 6.40. The number of imidazole rings is 1. The van der Waals surface area contributed by atoms with Gasteiger partial charge in [-0.25, -0.2) is 15.0 Å². The molecule has 34 heavy (non-hydrogen) atoms. The lowest BCUT2D eigenvalue weighted by atomic mass is 9.93. The first-order valence-electron chi connectivity index (χ1n) is 11.2. The lowest BCUT2D eigenvalue weighted by molar-refractivity contribution is 0.102. The van der Waals surface area contributed by atoms with E-state index in [1.54, 1.807) is 18.3 Å². The molecule has 0 spiro atoms. The van der Waals surface area contributed by atoms with Crippen LogP contribution in [0.15, 0.2) is 91.4 Å². The summed E-state index contributed by atoms with van der Waals surface area (Å²) in [6.45, 7) is 0. The van der Waals surface area contributed by atoms with E-state index in [2.05, 4.69) is 15.3 Å². The number of anilines is 2. The minimum absolute atomic E-state index is 0.198. The van der Waals surface area contributed by atoms with Crippen LogP contribution in [0.4, 0.5) is 11.4 Å². The van der Waals surface area contributed by atoms with Crippen LogP contribution in [0.5, 0.6) is 0 Å². The van der Waals surface area contributed by atoms with E-state index >= 15 is 0 Å². The maximum absolute atomic E-state index is 12.9. The fourth-order valence-electron chi connectivity index (χ4n) is 4.38. The zero-order chi connectivity index (χ0) is 23.1. The summed E-state index contributed by atoms with van der Waals surface area (Å²) in [6.07, 6.45) is 7.48. The molecule has 0 atom stereocenters. The van der Waals surface area contributed by atoms with Crippen molar-refractivity contribution in [3.05, 3.63) is 108 Å². The van der Waals surface area contributed by atoms with Crippen molar-refractivity contribution in [3.63, 3.8) is 0 Å². The summed E-state index contributed by atoms with van der Waals surface area (Å²) in [5.41, 5.74) is 11.0. The van der Waals surface area contributed by atoms with Gasteiger partial charge in [-0.2, -0.15) is 0 Å². The number of nitrogens with zero attached hydrogens (tertiary/aromatic N) is 4. The number of fused-ring (bicyclic) bond motifs is 1. The number of nitrogens with two attached hydrogens (primary N) is 1. The van der Waals surface area contributed by atoms with Crippen LogP contribution in [0.1, 0.15) is 34.6 Å². The number of aromatic nitrogens is 4. The van der Waals surface area contributed by atoms with Crippen LogP contribution in [0.2, 0.25) is 0 Å². The number of hydrogen-bond acceptors (Lipinski definition) is 5. The lowest BCUT2D eigenvalue weighted by Crippen LogP contribution is -2.17. The molecule has 1 saturated carbocycles. The van der Waals surface area contributed by atoms with Crippen LogP contribution in [0.3, 0.4) is 0 Å². The molecule has 0 saturated heterocycles. The van der Waals surface area contributed by atoms with Crippen molar-refractivity contribution in [1.82, 2.24) is 19.4 Å². The van der Waals surface area contributed by atoms with E-state index in [1.807, 2.05) is 77.5 Å². The average molecular weight is 447 g/mol. The molecule has 2 aromatic carbocycles. The number of carbonyl (C=O) groups excluding carboxylic acids is 1. The van der Waals surface area contributed by atoms with E-state index < -0.39 is 0 Å². The summed E-state index contributed by atoms with van der Waals surface area (Å²) >= 11 is 0. The second-order valence-electron chi connectivity index (χ2n) is 8.54. The maximum atomic E-state index is 12.9. The lowest BCUT2D eigenvalue weighted by Gasteiger charge is -2.16. The Morgan fingerprint density at radius 2 is 1.82 bits per heavy atom. The van der Waals surface area contributed by atoms with Crippen LogP contribution in [0, 0.1) is 0 Å². The highest BCUT2D eigenvalue weighted by atomic mass is 16.1. The number of para-hydroxylation sites is 2. The van der Waals surface area contributed by atoms with Crippen LogP contribution < -0.4 is 11.1 Å². The summed E-state index contributed by atoms with van der Waals surface area (Å²) < 4.78 is 2.02. The Morgan fingerprint density at radius 1 is 0.971 bits per heavy atom. The summed E-state index contributed by atoms with van der Waals surface area (Å²) in [7, 11) is 0. The molecule has 0 aliphatic heterocycles. The molecular weight excluding hydrogens is 424 g/mol. The molecule has 166 valence electrons. The van der Waals surface area contributed by atoms with Crippen LogP contribution >= 0.6 is 0 Å². The maximum Gasteiger partial charge on any atom is 0.255 e. The Morgan fingerprint density at radius 3 is 2.68 bits per heavy atom. The number of benzene rings is 2. The number of amides is 1. The van der Waals surface area contributed by atoms with Gasteiger partial charge in [-0.3, -0.25) is 9.20 Å². The highest BCUT2D eigenvalue weighted by Gasteiger charge is 2.49. The molecule has 0 radical (unpaired) electrons. The molecule has 3 aromatic heterocycles. The number of pyridine rings is 1. The van der Waals surface area contributed by atoms with E-state index in [-0.39, 0.29) is 11.3 Å². The minimum atomic E-state index is -0.293. The van der Waals surface area contributed by atoms with Gasteiger partial charge in [0.2, 0.25) is 0 Å². The topological polar surface area (TPSA) is 98.2 Å². The number of nitrogen functional groups attached to an aromatic ring is 1. The Bertz CT molecular complexity index is 1540. The van der Waals surface area contributed by atoms with Gasteiger partial charge in [0.1, 0.15) is 11.5 Å². The molecule has 6 rings (SSSR count). The molecule has 0 unspecified atom stereocenters. The molecule has 7 nitrogen and oxygen atoms in total. The molecular formula is C27H22N6O. The Balaban J connectivity index is 1.33. The molecule has 7 heteroatoms. The third kappa shape index (κ3) is 3.38. The van der Waals surface area contributed by atoms with Crippen molar-refractivity contribution in [2.45, 2.75) is 18.3 Å². The van der Waals surface area contributed by atoms with Gasteiger partial charge in [0.15, 0.2) is 0 Å². The Kier molecular flexibility index (Phi) is 4.62. The van der Waals surface area contributed by atoms with E-state index in [9.17, 15) is 4.79 Å². The van der Waals surface area contributed by atoms with Crippen molar-refractivity contribution in [2.75, 3.05) is 11.1 Å². The smallest absolute Gasteiger partial charge is 0.255 e. The highest BCUT2D eigenvalue weighted by Crippen LogP contribution is 2.52. The summed E-state index contributed by atoms with van der Waals surface area (Å²) in [5.74, 6) is 0.566. The number of carbonyl (C=O) groups is 1. The van der Waals surface area contributed by atoms with Gasteiger partial charge in [0.05, 0.1) is 34.4 Å². The van der Waals surface area contributed by atoms with Crippen molar-refractivity contribution in [1.29, 1.82) is 0 Å². The van der Waals surface area contributed by atoms with Gasteiger partial charge < -0.3 is 11.1 Å². The second kappa shape index (κ2) is 7.81. The first-order chi connectivity index (χ1) is 16.6. The first kappa shape index (κ1) is 20.1. The van der Waals surface area contributed by atoms with Gasteiger partial charge in [-0.1, -0.05) is 30.3 Å². The fourth-order valence-corrected chi connectivity index (χ4v) is 4.38. The third-order valence-corrected chi connectivity index (χ3v) is 6.40. The highest BCUT2D eigenvalue weighted by molar-refractivity contribution is 6.05. The van der Waals surface area contributed by atoms with Gasteiger partial charge in [-0.15, -0.1) is 0 Å². The van der Waals surface area contributed by atoms with Gasteiger partial charge in [0.25, 0.3) is 5.91 Å². The van der Waals surface area contributed by atoms with Crippen LogP contribution in [-0.4, -0.2) is 25.3 Å². The van der Waals surface area contributed by atoms with E-state index in [0.29, 0.717) is 16.9 Å². The summed E-state index contributed by atoms with van der Waals surface area (Å²) in [5, 5.41) is 2.91. The van der Waals surface area contributed by atoms with Crippen molar-refractivity contribution in [3.8, 4) is 11.4 Å². The molecule has 1 aliphatic carbocycles. The second-order valence-corrected chi connectivity index (χ2v) is 8.54. The fraction of sp³-hybridized carbons (Fsp3) is 0.111. The first-order valence-corrected chi connectivity index (χ1v) is 11.2. The standard InChI is InChI=1S/C27H22N6O/c28-20-8-1-2-9-21(20)31-25(34)18-6-5-7-19(16-18)27(12-13-27)26-29-14-11-22(32-26)23-17-30-24-10-3-4-15-33(23)24/h1-11,14-17H,12-13,28H2,(H,31,34). The predicted molar refractivity (Wildman–Crippen MR) is 131 cm³/mol. The largest absolute Gasteiger partial charge is 0.397 e. The summed E-state index contributed by atoms with van der Waals surface area (Å²) in [4.78, 5) is 27.0. The van der Waals surface area contributed by atoms with Crippen LogP contribution in [-0.2, 0) is 5.41 Å². The van der Waals surface area contributed by atoms with Crippen molar-refractivity contribution in [2.24, 2.45) is 0 Å². The van der Waals surface area contributed by atoms with Gasteiger partial charge >= 0.3 is 0 Å². The zero-order valence-corrected chi connectivity index (χ0v) is 18.3. The normalized spacial score (nSPS) is 14.1. The molecule has 3 heterocycles. The zero-order valence-electron chi connectivity index (χ0n) is 18.3. The number of rotatable bonds is 5. The number of hydrogen-bond donors (Lipinski definition) is 2. The number of nitrogens with one attached hydrogen (secondary N) is 1. The van der Waals surface area contributed by atoms with E-state index in [4.69, 9.17) is 10.7 Å². The molecule has 0 bridgehead atoms. The summed E-state index contributed by atoms with van der Waals surface area (Å²) in [6, 6.07) is 22.7. The average Bonchev–Trinajstić information content (AvgIpc) is 3.58. The Hall–Kier alpha value is -4.52. The van der Waals surface area contributed by atoms with Gasteiger partial charge in [-0.05, 0) is 60.9 Å². The van der Waals surface area contributed by atoms with Crippen molar-refractivity contribution >= 4 is 22.9 Å². The minimum Gasteiger partial charge on any atom is -0.397 e. The molecule has 5 aromatic rings. The molecule has 3 N–H and O–H groups in total.